The second kappa shape index (κ2) is 9.68. The van der Waals surface area contributed by atoms with Crippen molar-refractivity contribution >= 4 is 8.32 Å². The largest absolute Gasteiger partial charge is 0.408 e. The minimum Gasteiger partial charge on any atom is -0.408 e. The Labute approximate surface area is 184 Å². The first-order valence-electron chi connectivity index (χ1n) is 11.0. The van der Waals surface area contributed by atoms with Gasteiger partial charge in [0.05, 0.1) is 19.3 Å². The van der Waals surface area contributed by atoms with E-state index in [0.717, 1.165) is 39.3 Å². The van der Waals surface area contributed by atoms with Crippen LogP contribution in [0.1, 0.15) is 33.4 Å². The molecule has 0 saturated carbocycles. The highest BCUT2D eigenvalue weighted by atomic mass is 28.4. The third-order valence-electron chi connectivity index (χ3n) is 6.75. The molecule has 1 aromatic rings. The Morgan fingerprint density at radius 1 is 1.19 bits per heavy atom. The molecular formula is C21H37N3O6Si. The summed E-state index contributed by atoms with van der Waals surface area (Å²) in [6.07, 6.45) is 0.548. The SMILES string of the molecule is COC1C(O[Si](C)(C)C(C)(C)C)[C@@H](CCN2CCOCC2)O[C@H]1n1ccc(=O)[nH]c1=O. The van der Waals surface area contributed by atoms with Crippen molar-refractivity contribution in [2.24, 2.45) is 0 Å². The summed E-state index contributed by atoms with van der Waals surface area (Å²) in [6, 6.07) is 1.32. The van der Waals surface area contributed by atoms with Gasteiger partial charge in [0.2, 0.25) is 0 Å². The summed E-state index contributed by atoms with van der Waals surface area (Å²) in [5.41, 5.74) is -0.953. The second-order valence-electron chi connectivity index (χ2n) is 9.87. The molecule has 0 radical (unpaired) electrons. The molecule has 0 spiro atoms. The van der Waals surface area contributed by atoms with Crippen LogP contribution in [0.3, 0.4) is 0 Å². The van der Waals surface area contributed by atoms with Gasteiger partial charge in [-0.25, -0.2) is 4.79 Å². The average Bonchev–Trinajstić information content (AvgIpc) is 3.02. The van der Waals surface area contributed by atoms with Crippen LogP contribution >= 0.6 is 0 Å². The van der Waals surface area contributed by atoms with Crippen molar-refractivity contribution in [1.29, 1.82) is 0 Å². The lowest BCUT2D eigenvalue weighted by molar-refractivity contribution is -0.0569. The molecule has 1 N–H and O–H groups in total. The van der Waals surface area contributed by atoms with Crippen LogP contribution in [0.2, 0.25) is 18.1 Å². The van der Waals surface area contributed by atoms with Gasteiger partial charge in [0.25, 0.3) is 5.56 Å². The summed E-state index contributed by atoms with van der Waals surface area (Å²) in [5, 5.41) is 0.0208. The van der Waals surface area contributed by atoms with E-state index in [-0.39, 0.29) is 17.2 Å². The van der Waals surface area contributed by atoms with Gasteiger partial charge in [0.1, 0.15) is 12.2 Å². The first-order valence-corrected chi connectivity index (χ1v) is 13.9. The van der Waals surface area contributed by atoms with Gasteiger partial charge in [0, 0.05) is 39.0 Å². The van der Waals surface area contributed by atoms with Crippen LogP contribution in [-0.2, 0) is 18.6 Å². The van der Waals surface area contributed by atoms with E-state index in [4.69, 9.17) is 18.6 Å². The molecule has 2 saturated heterocycles. The monoisotopic (exact) mass is 455 g/mol. The van der Waals surface area contributed by atoms with E-state index in [1.54, 1.807) is 7.11 Å². The Bertz CT molecular complexity index is 842. The van der Waals surface area contributed by atoms with Gasteiger partial charge >= 0.3 is 5.69 Å². The zero-order chi connectivity index (χ0) is 22.8. The predicted octanol–water partition coefficient (Wildman–Crippen LogP) is 1.56. The smallest absolute Gasteiger partial charge is 0.330 e. The summed E-state index contributed by atoms with van der Waals surface area (Å²) < 4.78 is 25.9. The van der Waals surface area contributed by atoms with Crippen LogP contribution in [0.15, 0.2) is 21.9 Å². The van der Waals surface area contributed by atoms with Crippen LogP contribution < -0.4 is 11.2 Å². The third kappa shape index (κ3) is 5.55. The highest BCUT2D eigenvalue weighted by molar-refractivity contribution is 6.74. The number of aromatic nitrogens is 2. The van der Waals surface area contributed by atoms with Gasteiger partial charge in [-0.3, -0.25) is 19.2 Å². The summed E-state index contributed by atoms with van der Waals surface area (Å²) >= 11 is 0. The number of rotatable bonds is 7. The van der Waals surface area contributed by atoms with Crippen LogP contribution in [-0.4, -0.2) is 81.0 Å². The maximum absolute atomic E-state index is 12.5. The molecule has 0 aliphatic carbocycles. The lowest BCUT2D eigenvalue weighted by Gasteiger charge is -2.40. The molecule has 3 heterocycles. The standard InChI is InChI=1S/C21H37N3O6Si/c1-21(2,3)31(5,6)30-17-15(7-9-23-11-13-28-14-12-23)29-19(18(17)27-4)24-10-8-16(25)22-20(24)26/h8,10,15,17-19H,7,9,11-14H2,1-6H3,(H,22,25,26)/t15-,17?,18?,19-/m1/s1. The Kier molecular flexibility index (Phi) is 7.60. The summed E-state index contributed by atoms with van der Waals surface area (Å²) in [6.45, 7) is 15.1. The van der Waals surface area contributed by atoms with E-state index in [2.05, 4.69) is 43.7 Å². The molecule has 2 aliphatic heterocycles. The van der Waals surface area contributed by atoms with Crippen molar-refractivity contribution in [3.8, 4) is 0 Å². The minimum atomic E-state index is -2.13. The van der Waals surface area contributed by atoms with E-state index >= 15 is 0 Å². The number of nitrogens with one attached hydrogen (secondary N) is 1. The lowest BCUT2D eigenvalue weighted by Crippen LogP contribution is -2.50. The van der Waals surface area contributed by atoms with Crippen molar-refractivity contribution in [1.82, 2.24) is 14.5 Å². The number of hydrogen-bond donors (Lipinski definition) is 1. The molecule has 2 aliphatic rings. The molecule has 9 nitrogen and oxygen atoms in total. The number of methoxy groups -OCH3 is 1. The van der Waals surface area contributed by atoms with Gasteiger partial charge in [-0.05, 0) is 24.6 Å². The summed E-state index contributed by atoms with van der Waals surface area (Å²) in [5.74, 6) is 0. The number of hydrogen-bond acceptors (Lipinski definition) is 7. The molecule has 2 unspecified atom stereocenters. The van der Waals surface area contributed by atoms with Crippen molar-refractivity contribution < 1.29 is 18.6 Å². The van der Waals surface area contributed by atoms with Crippen molar-refractivity contribution in [3.05, 3.63) is 33.1 Å². The van der Waals surface area contributed by atoms with E-state index in [9.17, 15) is 9.59 Å². The summed E-state index contributed by atoms with van der Waals surface area (Å²) in [7, 11) is -0.515. The van der Waals surface area contributed by atoms with Crippen LogP contribution in [0.25, 0.3) is 0 Å². The Balaban J connectivity index is 1.87. The fourth-order valence-corrected chi connectivity index (χ4v) is 5.16. The molecule has 10 heteroatoms. The number of morpholine rings is 1. The van der Waals surface area contributed by atoms with Crippen molar-refractivity contribution in [3.63, 3.8) is 0 Å². The predicted molar refractivity (Wildman–Crippen MR) is 120 cm³/mol. The zero-order valence-corrected chi connectivity index (χ0v) is 20.6. The minimum absolute atomic E-state index is 0.0208. The van der Waals surface area contributed by atoms with Crippen LogP contribution in [0.5, 0.6) is 0 Å². The topological polar surface area (TPSA) is 95.0 Å². The molecule has 31 heavy (non-hydrogen) atoms. The summed E-state index contributed by atoms with van der Waals surface area (Å²) in [4.78, 5) is 28.7. The number of aromatic amines is 1. The molecule has 0 amide bonds. The van der Waals surface area contributed by atoms with Crippen LogP contribution in [0.4, 0.5) is 0 Å². The molecule has 3 rings (SSSR count). The fraction of sp³-hybridized carbons (Fsp3) is 0.810. The molecule has 4 atom stereocenters. The lowest BCUT2D eigenvalue weighted by atomic mass is 10.1. The Morgan fingerprint density at radius 3 is 2.45 bits per heavy atom. The van der Waals surface area contributed by atoms with Gasteiger partial charge in [0.15, 0.2) is 14.5 Å². The zero-order valence-electron chi connectivity index (χ0n) is 19.6. The first-order chi connectivity index (χ1) is 14.5. The molecule has 0 bridgehead atoms. The van der Waals surface area contributed by atoms with Gasteiger partial charge in [-0.2, -0.15) is 0 Å². The van der Waals surface area contributed by atoms with E-state index in [1.807, 2.05) is 0 Å². The number of H-pyrrole nitrogens is 1. The van der Waals surface area contributed by atoms with Crippen molar-refractivity contribution in [2.75, 3.05) is 40.0 Å². The van der Waals surface area contributed by atoms with E-state index in [1.165, 1.54) is 16.8 Å². The maximum Gasteiger partial charge on any atom is 0.330 e. The molecule has 0 aromatic carbocycles. The maximum atomic E-state index is 12.5. The van der Waals surface area contributed by atoms with Gasteiger partial charge in [-0.15, -0.1) is 0 Å². The van der Waals surface area contributed by atoms with Crippen LogP contribution in [0, 0.1) is 0 Å². The second-order valence-corrected chi connectivity index (χ2v) is 14.6. The molecule has 2 fully saturated rings. The average molecular weight is 456 g/mol. The molecular weight excluding hydrogens is 418 g/mol. The van der Waals surface area contributed by atoms with E-state index < -0.39 is 31.9 Å². The Morgan fingerprint density at radius 2 is 1.87 bits per heavy atom. The molecule has 176 valence electrons. The van der Waals surface area contributed by atoms with Crippen molar-refractivity contribution in [2.45, 2.75) is 69.9 Å². The van der Waals surface area contributed by atoms with Gasteiger partial charge < -0.3 is 18.6 Å². The van der Waals surface area contributed by atoms with E-state index in [0.29, 0.717) is 0 Å². The first kappa shape index (κ1) is 24.3. The third-order valence-corrected chi connectivity index (χ3v) is 11.2. The highest BCUT2D eigenvalue weighted by Crippen LogP contribution is 2.42. The molecule has 1 aromatic heterocycles. The highest BCUT2D eigenvalue weighted by Gasteiger charge is 2.51. The van der Waals surface area contributed by atoms with Gasteiger partial charge in [-0.1, -0.05) is 20.8 Å². The fourth-order valence-electron chi connectivity index (χ4n) is 3.84. The Hall–Kier alpha value is -1.30. The number of nitrogens with zero attached hydrogens (tertiary/aromatic N) is 2. The normalized spacial score (nSPS) is 28.2. The number of ether oxygens (including phenoxy) is 3. The quantitative estimate of drug-likeness (QED) is 0.624.